The van der Waals surface area contributed by atoms with Crippen LogP contribution in [0.25, 0.3) is 0 Å². The first-order chi connectivity index (χ1) is 13.9. The van der Waals surface area contributed by atoms with E-state index in [4.69, 9.17) is 4.74 Å². The Morgan fingerprint density at radius 3 is 1.44 bits per heavy atom. The van der Waals surface area contributed by atoms with Crippen molar-refractivity contribution in [2.75, 3.05) is 13.0 Å². The molecule has 32 heavy (non-hydrogen) atoms. The van der Waals surface area contributed by atoms with Gasteiger partial charge in [0.2, 0.25) is 0 Å². The van der Waals surface area contributed by atoms with E-state index in [1.807, 2.05) is 65.8 Å². The summed E-state index contributed by atoms with van der Waals surface area (Å²) in [4.78, 5) is 13.1. The zero-order valence-electron chi connectivity index (χ0n) is 23.8. The monoisotopic (exact) mass is 560 g/mol. The molecule has 0 saturated carbocycles. The largest absolute Gasteiger partial charge is 0.627 e. The summed E-state index contributed by atoms with van der Waals surface area (Å²) in [5, 5.41) is 11.5. The van der Waals surface area contributed by atoms with E-state index in [9.17, 15) is 14.5 Å². The van der Waals surface area contributed by atoms with Gasteiger partial charge in [0.25, 0.3) is 0 Å². The second-order valence-corrected chi connectivity index (χ2v) is 35.3. The molecule has 6 nitrogen and oxygen atoms in total. The summed E-state index contributed by atoms with van der Waals surface area (Å²) >= 11 is 0. The molecule has 0 bridgehead atoms. The number of aliphatic hydroxyl groups is 1. The summed E-state index contributed by atoms with van der Waals surface area (Å²) in [5.74, 6) is -0.500. The maximum atomic E-state index is 13.9. The molecule has 0 aromatic heterocycles. The Morgan fingerprint density at radius 2 is 1.22 bits per heavy atom. The number of carbonyl (C=O) groups is 1. The van der Waals surface area contributed by atoms with Crippen molar-refractivity contribution in [3.05, 3.63) is 0 Å². The summed E-state index contributed by atoms with van der Waals surface area (Å²) in [5.41, 5.74) is -2.01. The van der Waals surface area contributed by atoms with Gasteiger partial charge in [-0.05, 0) is 26.6 Å². The Kier molecular flexibility index (Phi) is 13.7. The molecule has 1 heterocycles. The second-order valence-electron chi connectivity index (χ2n) is 12.1. The standard InChI is InChI=1S/C14H35O6PSi3.2C3H9Si/c1-11-18-12-21(17)14(16,13(15)19(21)22(2,3)4)20(23(5,6)7)24(8,9)10;2*1-4(2)3/h16H,11-12H2,1-10H3;2*1-3H3/q+2;2*-1. The SMILES string of the molecule is CCOCP1(=O)[O+]([Si](C)(C)C)C(=O)C1(O)[O+]([Si](C)(C)C)[Si](C)(C)C.C[Si-](C)C.C[Si-](C)C. The number of hydrogen-bond donors (Lipinski definition) is 1. The van der Waals surface area contributed by atoms with Crippen molar-refractivity contribution in [2.24, 2.45) is 0 Å². The molecule has 2 atom stereocenters. The zero-order chi connectivity index (χ0) is 26.5. The van der Waals surface area contributed by atoms with Gasteiger partial charge in [-0.3, -0.25) is 17.6 Å². The van der Waals surface area contributed by atoms with E-state index in [-0.39, 0.29) is 23.9 Å². The minimum absolute atomic E-state index is 0.120. The molecule has 0 aliphatic carbocycles. The average molecular weight is 561 g/mol. The number of rotatable bonds is 7. The van der Waals surface area contributed by atoms with Crippen LogP contribution in [0.5, 0.6) is 0 Å². The highest BCUT2D eigenvalue weighted by Crippen LogP contribution is 2.77. The third-order valence-corrected chi connectivity index (χ3v) is 17.3. The Hall–Kier alpha value is 0.664. The van der Waals surface area contributed by atoms with E-state index in [1.54, 1.807) is 0 Å². The maximum Gasteiger partial charge on any atom is 0.627 e. The summed E-state index contributed by atoms with van der Waals surface area (Å²) in [6.07, 6.45) is -0.126. The highest BCUT2D eigenvalue weighted by Gasteiger charge is 2.89. The summed E-state index contributed by atoms with van der Waals surface area (Å²) < 4.78 is 24.9. The van der Waals surface area contributed by atoms with E-state index < -0.39 is 43.8 Å². The Bertz CT molecular complexity index is 614. The molecule has 0 radical (unpaired) electrons. The normalized spacial score (nSPS) is 24.1. The van der Waals surface area contributed by atoms with E-state index in [0.29, 0.717) is 6.61 Å². The van der Waals surface area contributed by atoms with Gasteiger partial charge in [-0.2, -0.15) is 39.3 Å². The highest BCUT2D eigenvalue weighted by molar-refractivity contribution is 7.66. The minimum Gasteiger partial charge on any atom is -0.569 e. The average Bonchev–Trinajstić information content (AvgIpc) is 2.47. The van der Waals surface area contributed by atoms with Gasteiger partial charge in [-0.15, -0.1) is 0 Å². The third-order valence-electron chi connectivity index (χ3n) is 3.75. The lowest BCUT2D eigenvalue weighted by molar-refractivity contribution is -0.225. The predicted octanol–water partition coefficient (Wildman–Crippen LogP) is 6.80. The van der Waals surface area contributed by atoms with Gasteiger partial charge >= 0.3 is 43.8 Å². The van der Waals surface area contributed by atoms with Gasteiger partial charge < -0.3 is 17.4 Å². The first kappa shape index (κ1) is 34.8. The quantitative estimate of drug-likeness (QED) is 0.161. The van der Waals surface area contributed by atoms with E-state index >= 15 is 0 Å². The lowest BCUT2D eigenvalue weighted by Crippen LogP contribution is -2.75. The van der Waals surface area contributed by atoms with E-state index in [1.165, 1.54) is 0 Å². The van der Waals surface area contributed by atoms with Crippen LogP contribution in [0.2, 0.25) is 98.2 Å². The van der Waals surface area contributed by atoms with Gasteiger partial charge in [0, 0.05) is 45.9 Å². The molecular weight excluding hydrogens is 508 g/mol. The van der Waals surface area contributed by atoms with Gasteiger partial charge in [0.1, 0.15) is 0 Å². The van der Waals surface area contributed by atoms with Gasteiger partial charge in [0.15, 0.2) is 6.35 Å². The fourth-order valence-corrected chi connectivity index (χ4v) is 22.0. The molecule has 0 amide bonds. The molecule has 1 rings (SSSR count). The molecule has 1 saturated heterocycles. The smallest absolute Gasteiger partial charge is 0.569 e. The van der Waals surface area contributed by atoms with Crippen molar-refractivity contribution in [3.63, 3.8) is 0 Å². The molecule has 1 fully saturated rings. The van der Waals surface area contributed by atoms with Gasteiger partial charge in [-0.1, -0.05) is 0 Å². The van der Waals surface area contributed by atoms with Crippen molar-refractivity contribution in [1.29, 1.82) is 0 Å². The van der Waals surface area contributed by atoms with Crippen LogP contribution < -0.4 is 0 Å². The molecule has 0 aromatic rings. The van der Waals surface area contributed by atoms with Crippen LogP contribution in [0.4, 0.5) is 0 Å². The first-order valence-corrected chi connectivity index (χ1v) is 29.4. The van der Waals surface area contributed by atoms with Crippen LogP contribution in [0, 0.1) is 0 Å². The molecule has 12 heteroatoms. The molecule has 1 aliphatic heterocycles. The number of ether oxygens (including phenoxy) is 1. The molecule has 0 aromatic carbocycles. The van der Waals surface area contributed by atoms with Crippen molar-refractivity contribution in [2.45, 2.75) is 111 Å². The van der Waals surface area contributed by atoms with E-state index in [2.05, 4.69) is 46.9 Å². The third kappa shape index (κ3) is 9.03. The van der Waals surface area contributed by atoms with Gasteiger partial charge in [-0.25, -0.2) is 4.57 Å². The van der Waals surface area contributed by atoms with Crippen LogP contribution in [0.15, 0.2) is 0 Å². The first-order valence-electron chi connectivity index (χ1n) is 11.4. The topological polar surface area (TPSA) is 69.0 Å². The summed E-state index contributed by atoms with van der Waals surface area (Å²) in [6, 6.07) is 0. The predicted molar refractivity (Wildman–Crippen MR) is 153 cm³/mol. The lowest BCUT2D eigenvalue weighted by Gasteiger charge is -2.59. The van der Waals surface area contributed by atoms with Gasteiger partial charge in [0.05, 0.1) is 4.79 Å². The molecule has 1 aliphatic rings. The number of carbonyl (C=O) groups excluding carboxylic acids is 1. The minimum atomic E-state index is -3.51. The summed E-state index contributed by atoms with van der Waals surface area (Å²) in [7, 11) is -9.96. The number of hydrogen-bond acceptors (Lipinski definition) is 4. The molecule has 2 unspecified atom stereocenters. The Labute approximate surface area is 205 Å². The fourth-order valence-electron chi connectivity index (χ4n) is 3.55. The molecule has 194 valence electrons. The van der Waals surface area contributed by atoms with Crippen LogP contribution in [0.1, 0.15) is 6.92 Å². The lowest BCUT2D eigenvalue weighted by atomic mass is 10.6. The van der Waals surface area contributed by atoms with Crippen LogP contribution in [-0.2, 0) is 21.7 Å². The van der Waals surface area contributed by atoms with Crippen molar-refractivity contribution in [1.82, 2.24) is 0 Å². The second kappa shape index (κ2) is 12.6. The fraction of sp³-hybridized carbons (Fsp3) is 0.950. The molecular formula is C20H53O6PSi5. The van der Waals surface area contributed by atoms with Crippen LogP contribution in [-0.4, -0.2) is 72.1 Å². The Balaban J connectivity index is 0. The molecule has 1 N–H and O–H groups in total. The molecule has 0 spiro atoms. The summed E-state index contributed by atoms with van der Waals surface area (Å²) in [6.45, 7) is 33.9. The van der Waals surface area contributed by atoms with Crippen molar-refractivity contribution >= 4 is 55.9 Å². The highest BCUT2D eigenvalue weighted by atomic mass is 31.2. The zero-order valence-corrected chi connectivity index (χ0v) is 29.7. The van der Waals surface area contributed by atoms with Crippen molar-refractivity contribution < 1.29 is 26.8 Å². The van der Waals surface area contributed by atoms with E-state index in [0.717, 1.165) is 0 Å². The van der Waals surface area contributed by atoms with Crippen LogP contribution in [0.3, 0.4) is 0 Å². The Morgan fingerprint density at radius 1 is 0.906 bits per heavy atom. The van der Waals surface area contributed by atoms with Crippen LogP contribution >= 0.6 is 7.37 Å². The van der Waals surface area contributed by atoms with Crippen molar-refractivity contribution in [3.8, 4) is 0 Å². The maximum absolute atomic E-state index is 13.9.